The standard InChI is InChI=1S/C18H21NO8S/c1-24-11-5-7-12(8-6-11)28(22,23)19-10-14-13(18(20)21)9-15(25-2)17(27-4)16(14)26-3/h5-9,19H,10H2,1-4H3,(H,20,21). The van der Waals surface area contributed by atoms with Gasteiger partial charge < -0.3 is 24.1 Å². The number of sulfonamides is 1. The molecule has 152 valence electrons. The van der Waals surface area contributed by atoms with Crippen molar-refractivity contribution < 1.29 is 37.3 Å². The number of hydrogen-bond acceptors (Lipinski definition) is 7. The zero-order valence-corrected chi connectivity index (χ0v) is 16.6. The molecular weight excluding hydrogens is 390 g/mol. The lowest BCUT2D eigenvalue weighted by Crippen LogP contribution is -2.25. The number of carboxylic acid groups (broad SMARTS) is 1. The third kappa shape index (κ3) is 4.29. The molecule has 28 heavy (non-hydrogen) atoms. The Labute approximate surface area is 162 Å². The van der Waals surface area contributed by atoms with Gasteiger partial charge in [0, 0.05) is 12.1 Å². The minimum absolute atomic E-state index is 0.00428. The molecule has 0 unspecified atom stereocenters. The molecule has 0 heterocycles. The molecule has 10 heteroatoms. The molecule has 0 bridgehead atoms. The van der Waals surface area contributed by atoms with E-state index in [1.807, 2.05) is 0 Å². The second-order valence-electron chi connectivity index (χ2n) is 5.48. The van der Waals surface area contributed by atoms with Crippen LogP contribution >= 0.6 is 0 Å². The summed E-state index contributed by atoms with van der Waals surface area (Å²) in [6.45, 7) is -0.334. The Hall–Kier alpha value is -2.98. The molecule has 2 aromatic rings. The number of aromatic carboxylic acids is 1. The van der Waals surface area contributed by atoms with E-state index in [1.165, 1.54) is 58.8 Å². The number of carbonyl (C=O) groups is 1. The van der Waals surface area contributed by atoms with E-state index in [1.54, 1.807) is 0 Å². The fourth-order valence-electron chi connectivity index (χ4n) is 2.59. The van der Waals surface area contributed by atoms with Gasteiger partial charge in [-0.05, 0) is 30.3 Å². The molecule has 0 aliphatic carbocycles. The Kier molecular flexibility index (Phi) is 6.71. The van der Waals surface area contributed by atoms with Gasteiger partial charge in [-0.25, -0.2) is 17.9 Å². The average molecular weight is 411 g/mol. The van der Waals surface area contributed by atoms with Gasteiger partial charge in [0.1, 0.15) is 5.75 Å². The Morgan fingerprint density at radius 3 is 2.04 bits per heavy atom. The summed E-state index contributed by atoms with van der Waals surface area (Å²) >= 11 is 0. The van der Waals surface area contributed by atoms with E-state index >= 15 is 0 Å². The van der Waals surface area contributed by atoms with E-state index in [0.717, 1.165) is 0 Å². The van der Waals surface area contributed by atoms with E-state index in [2.05, 4.69) is 4.72 Å². The van der Waals surface area contributed by atoms with Crippen molar-refractivity contribution in [2.75, 3.05) is 28.4 Å². The van der Waals surface area contributed by atoms with Gasteiger partial charge in [-0.15, -0.1) is 0 Å². The van der Waals surface area contributed by atoms with Crippen LogP contribution in [-0.2, 0) is 16.6 Å². The van der Waals surface area contributed by atoms with Crippen LogP contribution in [-0.4, -0.2) is 47.9 Å². The van der Waals surface area contributed by atoms with E-state index in [9.17, 15) is 18.3 Å². The molecule has 0 fully saturated rings. The molecule has 9 nitrogen and oxygen atoms in total. The van der Waals surface area contributed by atoms with Crippen molar-refractivity contribution in [2.24, 2.45) is 0 Å². The maximum Gasteiger partial charge on any atom is 0.336 e. The highest BCUT2D eigenvalue weighted by molar-refractivity contribution is 7.89. The summed E-state index contributed by atoms with van der Waals surface area (Å²) in [5, 5.41) is 9.53. The highest BCUT2D eigenvalue weighted by atomic mass is 32.2. The van der Waals surface area contributed by atoms with Crippen LogP contribution in [0.15, 0.2) is 35.2 Å². The first-order valence-electron chi connectivity index (χ1n) is 7.97. The number of ether oxygens (including phenoxy) is 4. The zero-order valence-electron chi connectivity index (χ0n) is 15.8. The largest absolute Gasteiger partial charge is 0.497 e. The van der Waals surface area contributed by atoms with Crippen LogP contribution in [0.5, 0.6) is 23.0 Å². The van der Waals surface area contributed by atoms with Crippen LogP contribution in [0.1, 0.15) is 15.9 Å². The molecule has 0 amide bonds. The van der Waals surface area contributed by atoms with Gasteiger partial charge in [0.25, 0.3) is 0 Å². The summed E-state index contributed by atoms with van der Waals surface area (Å²) in [5.41, 5.74) is -0.0725. The molecule has 0 saturated carbocycles. The van der Waals surface area contributed by atoms with Gasteiger partial charge in [0.15, 0.2) is 11.5 Å². The third-order valence-corrected chi connectivity index (χ3v) is 5.39. The SMILES string of the molecule is COc1ccc(S(=O)(=O)NCc2c(C(=O)O)cc(OC)c(OC)c2OC)cc1. The maximum atomic E-state index is 12.6. The van der Waals surface area contributed by atoms with Crippen LogP contribution in [0.2, 0.25) is 0 Å². The van der Waals surface area contributed by atoms with Crippen molar-refractivity contribution >= 4 is 16.0 Å². The van der Waals surface area contributed by atoms with E-state index in [-0.39, 0.29) is 39.8 Å². The maximum absolute atomic E-state index is 12.6. The van der Waals surface area contributed by atoms with Crippen molar-refractivity contribution in [3.8, 4) is 23.0 Å². The minimum Gasteiger partial charge on any atom is -0.497 e. The van der Waals surface area contributed by atoms with Crippen molar-refractivity contribution in [2.45, 2.75) is 11.4 Å². The Balaban J connectivity index is 2.45. The fraction of sp³-hybridized carbons (Fsp3) is 0.278. The van der Waals surface area contributed by atoms with Crippen molar-refractivity contribution in [3.63, 3.8) is 0 Å². The molecule has 2 N–H and O–H groups in total. The molecular formula is C18H21NO8S. The van der Waals surface area contributed by atoms with E-state index < -0.39 is 16.0 Å². The average Bonchev–Trinajstić information content (AvgIpc) is 2.70. The number of carboxylic acids is 1. The van der Waals surface area contributed by atoms with Gasteiger partial charge in [-0.1, -0.05) is 0 Å². The van der Waals surface area contributed by atoms with Gasteiger partial charge >= 0.3 is 5.97 Å². The lowest BCUT2D eigenvalue weighted by molar-refractivity contribution is 0.0694. The first-order chi connectivity index (χ1) is 13.3. The summed E-state index contributed by atoms with van der Waals surface area (Å²) in [5.74, 6) is -0.379. The van der Waals surface area contributed by atoms with E-state index in [4.69, 9.17) is 18.9 Å². The first-order valence-corrected chi connectivity index (χ1v) is 9.46. The molecule has 0 aromatic heterocycles. The number of nitrogens with one attached hydrogen (secondary N) is 1. The van der Waals surface area contributed by atoms with Crippen LogP contribution in [0, 0.1) is 0 Å². The number of benzene rings is 2. The lowest BCUT2D eigenvalue weighted by Gasteiger charge is -2.18. The van der Waals surface area contributed by atoms with Crippen LogP contribution in [0.4, 0.5) is 0 Å². The van der Waals surface area contributed by atoms with Gasteiger partial charge in [0.2, 0.25) is 15.8 Å². The summed E-state index contributed by atoms with van der Waals surface area (Å²) in [7, 11) is 1.61. The van der Waals surface area contributed by atoms with Crippen molar-refractivity contribution in [3.05, 3.63) is 41.5 Å². The van der Waals surface area contributed by atoms with Crippen LogP contribution in [0.3, 0.4) is 0 Å². The summed E-state index contributed by atoms with van der Waals surface area (Å²) in [6.07, 6.45) is 0. The number of rotatable bonds is 9. The Morgan fingerprint density at radius 2 is 1.57 bits per heavy atom. The highest BCUT2D eigenvalue weighted by Crippen LogP contribution is 2.42. The van der Waals surface area contributed by atoms with E-state index in [0.29, 0.717) is 5.75 Å². The molecule has 0 aliphatic heterocycles. The third-order valence-electron chi connectivity index (χ3n) is 3.97. The van der Waals surface area contributed by atoms with Crippen LogP contribution < -0.4 is 23.7 Å². The summed E-state index contributed by atoms with van der Waals surface area (Å²) in [6, 6.07) is 7.03. The van der Waals surface area contributed by atoms with Gasteiger partial charge in [-0.2, -0.15) is 0 Å². The number of hydrogen-bond donors (Lipinski definition) is 2. The molecule has 2 aromatic carbocycles. The molecule has 0 saturated heterocycles. The quantitative estimate of drug-likeness (QED) is 0.642. The molecule has 0 atom stereocenters. The van der Waals surface area contributed by atoms with Gasteiger partial charge in [0.05, 0.1) is 38.9 Å². The lowest BCUT2D eigenvalue weighted by atomic mass is 10.0. The smallest absolute Gasteiger partial charge is 0.336 e. The van der Waals surface area contributed by atoms with Crippen molar-refractivity contribution in [1.29, 1.82) is 0 Å². The van der Waals surface area contributed by atoms with Gasteiger partial charge in [-0.3, -0.25) is 0 Å². The first kappa shape index (κ1) is 21.3. The van der Waals surface area contributed by atoms with Crippen LogP contribution in [0.25, 0.3) is 0 Å². The number of methoxy groups -OCH3 is 4. The predicted molar refractivity (Wildman–Crippen MR) is 100 cm³/mol. The monoisotopic (exact) mass is 411 g/mol. The topological polar surface area (TPSA) is 120 Å². The Morgan fingerprint density at radius 1 is 0.964 bits per heavy atom. The Bertz CT molecular complexity index is 955. The highest BCUT2D eigenvalue weighted by Gasteiger charge is 2.25. The minimum atomic E-state index is -3.91. The zero-order chi connectivity index (χ0) is 20.9. The molecule has 0 radical (unpaired) electrons. The molecule has 0 spiro atoms. The normalized spacial score (nSPS) is 11.0. The summed E-state index contributed by atoms with van der Waals surface area (Å²) < 4.78 is 48.2. The molecule has 0 aliphatic rings. The van der Waals surface area contributed by atoms with Crippen molar-refractivity contribution in [1.82, 2.24) is 4.72 Å². The second-order valence-corrected chi connectivity index (χ2v) is 7.24. The molecule has 2 rings (SSSR count). The second kappa shape index (κ2) is 8.81. The predicted octanol–water partition coefficient (Wildman–Crippen LogP) is 1.90. The fourth-order valence-corrected chi connectivity index (χ4v) is 3.58. The summed E-state index contributed by atoms with van der Waals surface area (Å²) in [4.78, 5) is 11.7.